The summed E-state index contributed by atoms with van der Waals surface area (Å²) < 4.78 is 1.19. The molecule has 0 atom stereocenters. The molecule has 118 valence electrons. The van der Waals surface area contributed by atoms with Gasteiger partial charge in [-0.1, -0.05) is 48.2 Å². The van der Waals surface area contributed by atoms with Gasteiger partial charge in [-0.3, -0.25) is 4.79 Å². The van der Waals surface area contributed by atoms with Crippen LogP contribution in [-0.2, 0) is 0 Å². The minimum absolute atomic E-state index is 0.658. The number of rotatable bonds is 2. The van der Waals surface area contributed by atoms with E-state index >= 15 is 0 Å². The Hall–Kier alpha value is -3.22. The number of hydrogen-bond acceptors (Lipinski definition) is 3. The molecule has 4 rings (SSSR count). The zero-order chi connectivity index (χ0) is 17.1. The molecular weight excluding hydrogens is 326 g/mol. The lowest BCUT2D eigenvalue weighted by molar-refractivity contribution is 0.112. The van der Waals surface area contributed by atoms with E-state index in [1.165, 1.54) is 4.70 Å². The van der Waals surface area contributed by atoms with Gasteiger partial charge in [0.25, 0.3) is 0 Å². The van der Waals surface area contributed by atoms with Crippen molar-refractivity contribution in [1.82, 2.24) is 4.98 Å². The first-order chi connectivity index (χ1) is 12.3. The maximum atomic E-state index is 10.7. The maximum absolute atomic E-state index is 10.7. The lowest BCUT2D eigenvalue weighted by atomic mass is 10.1. The summed E-state index contributed by atoms with van der Waals surface area (Å²) in [6, 6.07) is 23.5. The van der Waals surface area contributed by atoms with Gasteiger partial charge in [0, 0.05) is 22.3 Å². The molecule has 0 saturated heterocycles. The SMILES string of the molecule is O=Cc1ccc(C#Cc2ccc(-c3nc4ccccc4s3)cc2)cc1. The average molecular weight is 339 g/mol. The highest BCUT2D eigenvalue weighted by molar-refractivity contribution is 7.21. The lowest BCUT2D eigenvalue weighted by Crippen LogP contribution is -1.81. The number of benzene rings is 3. The Balaban J connectivity index is 1.57. The van der Waals surface area contributed by atoms with Crippen LogP contribution >= 0.6 is 11.3 Å². The van der Waals surface area contributed by atoms with E-state index < -0.39 is 0 Å². The maximum Gasteiger partial charge on any atom is 0.150 e. The Morgan fingerprint density at radius 1 is 0.800 bits per heavy atom. The van der Waals surface area contributed by atoms with E-state index in [0.717, 1.165) is 33.5 Å². The van der Waals surface area contributed by atoms with E-state index in [4.69, 9.17) is 0 Å². The molecule has 3 heteroatoms. The number of carbonyl (C=O) groups excluding carboxylic acids is 1. The number of hydrogen-bond donors (Lipinski definition) is 0. The van der Waals surface area contributed by atoms with Crippen LogP contribution in [0, 0.1) is 11.8 Å². The second-order valence-electron chi connectivity index (χ2n) is 5.55. The molecule has 0 saturated carbocycles. The third kappa shape index (κ3) is 3.35. The van der Waals surface area contributed by atoms with E-state index in [1.807, 2.05) is 42.5 Å². The van der Waals surface area contributed by atoms with Crippen molar-refractivity contribution < 1.29 is 4.79 Å². The zero-order valence-corrected chi connectivity index (χ0v) is 14.1. The Morgan fingerprint density at radius 3 is 2.08 bits per heavy atom. The number of fused-ring (bicyclic) bond motifs is 1. The number of aldehydes is 1. The first-order valence-corrected chi connectivity index (χ1v) is 8.67. The molecule has 0 radical (unpaired) electrons. The summed E-state index contributed by atoms with van der Waals surface area (Å²) >= 11 is 1.69. The molecule has 0 bridgehead atoms. The fourth-order valence-corrected chi connectivity index (χ4v) is 3.45. The van der Waals surface area contributed by atoms with Crippen LogP contribution in [-0.4, -0.2) is 11.3 Å². The van der Waals surface area contributed by atoms with Crippen molar-refractivity contribution >= 4 is 27.8 Å². The predicted octanol–water partition coefficient (Wildman–Crippen LogP) is 5.18. The highest BCUT2D eigenvalue weighted by atomic mass is 32.1. The number of aromatic nitrogens is 1. The smallest absolute Gasteiger partial charge is 0.150 e. The quantitative estimate of drug-likeness (QED) is 0.372. The number of para-hydroxylation sites is 1. The summed E-state index contributed by atoms with van der Waals surface area (Å²) in [4.78, 5) is 15.3. The third-order valence-electron chi connectivity index (χ3n) is 3.82. The summed E-state index contributed by atoms with van der Waals surface area (Å²) in [7, 11) is 0. The van der Waals surface area contributed by atoms with Gasteiger partial charge in [0.05, 0.1) is 10.2 Å². The molecule has 1 heterocycles. The predicted molar refractivity (Wildman–Crippen MR) is 103 cm³/mol. The van der Waals surface area contributed by atoms with Crippen molar-refractivity contribution in [1.29, 1.82) is 0 Å². The van der Waals surface area contributed by atoms with Crippen LogP contribution in [0.4, 0.5) is 0 Å². The molecule has 1 aromatic heterocycles. The molecule has 25 heavy (non-hydrogen) atoms. The van der Waals surface area contributed by atoms with E-state index in [1.54, 1.807) is 23.5 Å². The van der Waals surface area contributed by atoms with Crippen molar-refractivity contribution in [2.45, 2.75) is 0 Å². The Bertz CT molecular complexity index is 1060. The van der Waals surface area contributed by atoms with Gasteiger partial charge < -0.3 is 0 Å². The van der Waals surface area contributed by atoms with Crippen LogP contribution in [0.15, 0.2) is 72.8 Å². The Morgan fingerprint density at radius 2 is 1.44 bits per heavy atom. The Labute approximate surface area is 149 Å². The largest absolute Gasteiger partial charge is 0.298 e. The van der Waals surface area contributed by atoms with Gasteiger partial charge in [0.15, 0.2) is 0 Å². The van der Waals surface area contributed by atoms with Crippen LogP contribution in [0.2, 0.25) is 0 Å². The minimum Gasteiger partial charge on any atom is -0.298 e. The summed E-state index contributed by atoms with van der Waals surface area (Å²) in [5, 5.41) is 1.02. The fourth-order valence-electron chi connectivity index (χ4n) is 2.48. The molecule has 0 aliphatic carbocycles. The van der Waals surface area contributed by atoms with Gasteiger partial charge in [0.1, 0.15) is 11.3 Å². The molecule has 0 N–H and O–H groups in total. The van der Waals surface area contributed by atoms with Gasteiger partial charge in [-0.15, -0.1) is 11.3 Å². The molecule has 0 aliphatic rings. The molecule has 0 fully saturated rings. The van der Waals surface area contributed by atoms with Gasteiger partial charge >= 0.3 is 0 Å². The van der Waals surface area contributed by atoms with Crippen LogP contribution in [0.5, 0.6) is 0 Å². The molecule has 0 spiro atoms. The van der Waals surface area contributed by atoms with E-state index in [2.05, 4.69) is 35.0 Å². The van der Waals surface area contributed by atoms with Crippen LogP contribution in [0.1, 0.15) is 21.5 Å². The summed E-state index contributed by atoms with van der Waals surface area (Å²) in [6.45, 7) is 0. The normalized spacial score (nSPS) is 10.2. The number of nitrogens with zero attached hydrogens (tertiary/aromatic N) is 1. The molecular formula is C22H13NOS. The van der Waals surface area contributed by atoms with Gasteiger partial charge in [-0.25, -0.2) is 4.98 Å². The minimum atomic E-state index is 0.658. The second-order valence-corrected chi connectivity index (χ2v) is 6.58. The molecule has 4 aromatic rings. The number of thiazole rings is 1. The topological polar surface area (TPSA) is 30.0 Å². The van der Waals surface area contributed by atoms with Crippen molar-refractivity contribution in [3.05, 3.63) is 89.5 Å². The molecule has 2 nitrogen and oxygen atoms in total. The molecule has 0 aliphatic heterocycles. The molecule has 0 amide bonds. The van der Waals surface area contributed by atoms with Crippen molar-refractivity contribution in [3.63, 3.8) is 0 Å². The highest BCUT2D eigenvalue weighted by Gasteiger charge is 2.05. The van der Waals surface area contributed by atoms with E-state index in [-0.39, 0.29) is 0 Å². The Kier molecular flexibility index (Phi) is 4.12. The van der Waals surface area contributed by atoms with Crippen LogP contribution in [0.25, 0.3) is 20.8 Å². The first-order valence-electron chi connectivity index (χ1n) is 7.85. The zero-order valence-electron chi connectivity index (χ0n) is 13.3. The van der Waals surface area contributed by atoms with E-state index in [0.29, 0.717) is 5.56 Å². The second kappa shape index (κ2) is 6.72. The number of carbonyl (C=O) groups is 1. The summed E-state index contributed by atoms with van der Waals surface area (Å²) in [5.41, 5.74) is 4.63. The molecule has 3 aromatic carbocycles. The van der Waals surface area contributed by atoms with Gasteiger partial charge in [-0.2, -0.15) is 0 Å². The first kappa shape index (κ1) is 15.3. The highest BCUT2D eigenvalue weighted by Crippen LogP contribution is 2.29. The van der Waals surface area contributed by atoms with Crippen LogP contribution < -0.4 is 0 Å². The van der Waals surface area contributed by atoms with Gasteiger partial charge in [0.2, 0.25) is 0 Å². The summed E-state index contributed by atoms with van der Waals surface area (Å²) in [6.07, 6.45) is 0.831. The van der Waals surface area contributed by atoms with Crippen molar-refractivity contribution in [2.24, 2.45) is 0 Å². The van der Waals surface area contributed by atoms with E-state index in [9.17, 15) is 4.79 Å². The average Bonchev–Trinajstić information content (AvgIpc) is 3.11. The van der Waals surface area contributed by atoms with Crippen molar-refractivity contribution in [3.8, 4) is 22.4 Å². The molecule has 0 unspecified atom stereocenters. The van der Waals surface area contributed by atoms with Gasteiger partial charge in [-0.05, 0) is 36.4 Å². The standard InChI is InChI=1S/C22H13NOS/c24-15-18-9-7-16(8-10-18)5-6-17-11-13-19(14-12-17)22-23-20-3-1-2-4-21(20)25-22/h1-4,7-15H. The third-order valence-corrected chi connectivity index (χ3v) is 4.91. The monoisotopic (exact) mass is 339 g/mol. The van der Waals surface area contributed by atoms with Crippen molar-refractivity contribution in [2.75, 3.05) is 0 Å². The lowest BCUT2D eigenvalue weighted by Gasteiger charge is -1.96. The van der Waals surface area contributed by atoms with Crippen LogP contribution in [0.3, 0.4) is 0 Å². The fraction of sp³-hybridized carbons (Fsp3) is 0. The summed E-state index contributed by atoms with van der Waals surface area (Å²) in [5.74, 6) is 6.26.